The van der Waals surface area contributed by atoms with Crippen molar-refractivity contribution in [2.75, 3.05) is 13.2 Å². The average Bonchev–Trinajstić information content (AvgIpc) is 2.23. The van der Waals surface area contributed by atoms with Gasteiger partial charge in [0.15, 0.2) is 0 Å². The SMILES string of the molecule is N#Cc1ccc(Cl)cc1OCCOC(F)(F)F. The number of hydrogen-bond donors (Lipinski definition) is 0. The normalized spacial score (nSPS) is 11.0. The summed E-state index contributed by atoms with van der Waals surface area (Å²) in [5.74, 6) is 0.130. The quantitative estimate of drug-likeness (QED) is 0.786. The molecule has 0 heterocycles. The van der Waals surface area contributed by atoms with Gasteiger partial charge in [-0.15, -0.1) is 13.2 Å². The fourth-order valence-electron chi connectivity index (χ4n) is 1.02. The van der Waals surface area contributed by atoms with Gasteiger partial charge in [-0.05, 0) is 12.1 Å². The van der Waals surface area contributed by atoms with Crippen molar-refractivity contribution in [3.8, 4) is 11.8 Å². The van der Waals surface area contributed by atoms with E-state index in [9.17, 15) is 13.2 Å². The van der Waals surface area contributed by atoms with E-state index in [1.807, 2.05) is 6.07 Å². The van der Waals surface area contributed by atoms with Crippen molar-refractivity contribution < 1.29 is 22.6 Å². The highest BCUT2D eigenvalue weighted by atomic mass is 35.5. The minimum atomic E-state index is -4.68. The standard InChI is InChI=1S/C10H7ClF3NO2/c11-8-2-1-7(6-15)9(5-8)16-3-4-17-10(12,13)14/h1-2,5H,3-4H2. The lowest BCUT2D eigenvalue weighted by atomic mass is 10.2. The molecule has 0 fully saturated rings. The summed E-state index contributed by atoms with van der Waals surface area (Å²) in [5.41, 5.74) is 0.196. The van der Waals surface area contributed by atoms with Crippen LogP contribution >= 0.6 is 11.6 Å². The van der Waals surface area contributed by atoms with Crippen molar-refractivity contribution in [2.45, 2.75) is 6.36 Å². The van der Waals surface area contributed by atoms with E-state index in [2.05, 4.69) is 4.74 Å². The predicted octanol–water partition coefficient (Wildman–Crippen LogP) is 3.13. The molecule has 0 radical (unpaired) electrons. The maximum atomic E-state index is 11.6. The van der Waals surface area contributed by atoms with Crippen LogP contribution in [0.5, 0.6) is 5.75 Å². The van der Waals surface area contributed by atoms with Crippen LogP contribution in [0.4, 0.5) is 13.2 Å². The summed E-state index contributed by atoms with van der Waals surface area (Å²) in [6, 6.07) is 6.09. The predicted molar refractivity (Wildman–Crippen MR) is 53.7 cm³/mol. The molecule has 0 aromatic heterocycles. The first kappa shape index (κ1) is 13.6. The highest BCUT2D eigenvalue weighted by Crippen LogP contribution is 2.23. The molecule has 0 N–H and O–H groups in total. The second kappa shape index (κ2) is 5.75. The Morgan fingerprint density at radius 2 is 2.00 bits per heavy atom. The molecule has 0 aliphatic rings. The minimum absolute atomic E-state index is 0.130. The van der Waals surface area contributed by atoms with E-state index >= 15 is 0 Å². The van der Waals surface area contributed by atoms with Crippen molar-refractivity contribution in [2.24, 2.45) is 0 Å². The maximum Gasteiger partial charge on any atom is 0.522 e. The van der Waals surface area contributed by atoms with Gasteiger partial charge in [-0.1, -0.05) is 11.6 Å². The summed E-state index contributed by atoms with van der Waals surface area (Å²) in [4.78, 5) is 0. The zero-order chi connectivity index (χ0) is 12.9. The molecule has 0 amide bonds. The average molecular weight is 266 g/mol. The molecule has 3 nitrogen and oxygen atoms in total. The molecule has 1 aromatic rings. The van der Waals surface area contributed by atoms with E-state index in [4.69, 9.17) is 21.6 Å². The second-order valence-corrected chi connectivity index (χ2v) is 3.33. The van der Waals surface area contributed by atoms with Crippen molar-refractivity contribution in [3.63, 3.8) is 0 Å². The number of rotatable bonds is 4. The number of benzene rings is 1. The fourth-order valence-corrected chi connectivity index (χ4v) is 1.18. The third-order valence-corrected chi connectivity index (χ3v) is 1.91. The van der Waals surface area contributed by atoms with Gasteiger partial charge in [0.2, 0.25) is 0 Å². The maximum absolute atomic E-state index is 11.6. The third kappa shape index (κ3) is 4.93. The zero-order valence-corrected chi connectivity index (χ0v) is 9.18. The van der Waals surface area contributed by atoms with Gasteiger partial charge in [-0.2, -0.15) is 5.26 Å². The van der Waals surface area contributed by atoms with Crippen LogP contribution in [-0.2, 0) is 4.74 Å². The monoisotopic (exact) mass is 265 g/mol. The number of ether oxygens (including phenoxy) is 2. The molecule has 0 saturated heterocycles. The van der Waals surface area contributed by atoms with Crippen LogP contribution in [0.3, 0.4) is 0 Å². The number of halogens is 4. The molecule has 0 aliphatic carbocycles. The van der Waals surface area contributed by atoms with Gasteiger partial charge < -0.3 is 4.74 Å². The zero-order valence-electron chi connectivity index (χ0n) is 8.42. The van der Waals surface area contributed by atoms with Gasteiger partial charge in [-0.3, -0.25) is 4.74 Å². The first-order chi connectivity index (χ1) is 7.92. The van der Waals surface area contributed by atoms with Crippen LogP contribution in [0.25, 0.3) is 0 Å². The van der Waals surface area contributed by atoms with E-state index in [0.29, 0.717) is 5.02 Å². The van der Waals surface area contributed by atoms with E-state index < -0.39 is 13.0 Å². The molecule has 0 unspecified atom stereocenters. The molecule has 0 aliphatic heterocycles. The van der Waals surface area contributed by atoms with E-state index in [1.54, 1.807) is 0 Å². The summed E-state index contributed by atoms with van der Waals surface area (Å²) >= 11 is 5.66. The number of nitrogens with zero attached hydrogens (tertiary/aromatic N) is 1. The molecule has 0 spiro atoms. The van der Waals surface area contributed by atoms with Crippen molar-refractivity contribution in [1.29, 1.82) is 5.26 Å². The van der Waals surface area contributed by atoms with Crippen LogP contribution < -0.4 is 4.74 Å². The van der Waals surface area contributed by atoms with Crippen LogP contribution in [0.1, 0.15) is 5.56 Å². The molecule has 92 valence electrons. The molecule has 1 aromatic carbocycles. The number of alkyl halides is 3. The summed E-state index contributed by atoms with van der Waals surface area (Å²) in [6.07, 6.45) is -4.68. The molecule has 0 bridgehead atoms. The molecule has 0 atom stereocenters. The molecular weight excluding hydrogens is 259 g/mol. The Kier molecular flexibility index (Phi) is 4.61. The second-order valence-electron chi connectivity index (χ2n) is 2.89. The fraction of sp³-hybridized carbons (Fsp3) is 0.300. The van der Waals surface area contributed by atoms with Crippen molar-refractivity contribution >= 4 is 11.6 Å². The van der Waals surface area contributed by atoms with Crippen LogP contribution in [-0.4, -0.2) is 19.6 Å². The largest absolute Gasteiger partial charge is 0.522 e. The van der Waals surface area contributed by atoms with Crippen LogP contribution in [0.15, 0.2) is 18.2 Å². The van der Waals surface area contributed by atoms with Crippen molar-refractivity contribution in [3.05, 3.63) is 28.8 Å². The van der Waals surface area contributed by atoms with Gasteiger partial charge >= 0.3 is 6.36 Å². The number of hydrogen-bond acceptors (Lipinski definition) is 3. The van der Waals surface area contributed by atoms with Gasteiger partial charge in [0.25, 0.3) is 0 Å². The van der Waals surface area contributed by atoms with Gasteiger partial charge in [-0.25, -0.2) is 0 Å². The highest BCUT2D eigenvalue weighted by Gasteiger charge is 2.28. The summed E-state index contributed by atoms with van der Waals surface area (Å²) in [5, 5.41) is 9.04. The molecule has 1 rings (SSSR count). The van der Waals surface area contributed by atoms with Gasteiger partial charge in [0.05, 0.1) is 12.2 Å². The lowest BCUT2D eigenvalue weighted by molar-refractivity contribution is -0.325. The first-order valence-electron chi connectivity index (χ1n) is 4.45. The number of nitriles is 1. The summed E-state index contributed by atoms with van der Waals surface area (Å²) in [6.45, 7) is -0.977. The van der Waals surface area contributed by atoms with E-state index in [0.717, 1.165) is 0 Å². The van der Waals surface area contributed by atoms with Crippen LogP contribution in [0, 0.1) is 11.3 Å². The van der Waals surface area contributed by atoms with Crippen LogP contribution in [0.2, 0.25) is 5.02 Å². The summed E-state index contributed by atoms with van der Waals surface area (Å²) < 4.78 is 43.4. The molecular formula is C10H7ClF3NO2. The Morgan fingerprint density at radius 1 is 1.29 bits per heavy atom. The Balaban J connectivity index is 2.52. The van der Waals surface area contributed by atoms with E-state index in [1.165, 1.54) is 18.2 Å². The van der Waals surface area contributed by atoms with Crippen molar-refractivity contribution in [1.82, 2.24) is 0 Å². The molecule has 0 saturated carbocycles. The van der Waals surface area contributed by atoms with Gasteiger partial charge in [0, 0.05) is 11.1 Å². The minimum Gasteiger partial charge on any atom is -0.490 e. The Labute approximate surface area is 100 Å². The lowest BCUT2D eigenvalue weighted by Crippen LogP contribution is -2.18. The topological polar surface area (TPSA) is 42.2 Å². The molecule has 7 heteroatoms. The Bertz CT molecular complexity index is 429. The Morgan fingerprint density at radius 3 is 2.59 bits per heavy atom. The summed E-state index contributed by atoms with van der Waals surface area (Å²) in [7, 11) is 0. The lowest BCUT2D eigenvalue weighted by Gasteiger charge is -2.10. The van der Waals surface area contributed by atoms with E-state index in [-0.39, 0.29) is 17.9 Å². The van der Waals surface area contributed by atoms with Gasteiger partial charge in [0.1, 0.15) is 18.4 Å². The smallest absolute Gasteiger partial charge is 0.490 e. The highest BCUT2D eigenvalue weighted by molar-refractivity contribution is 6.30. The first-order valence-corrected chi connectivity index (χ1v) is 4.83. The third-order valence-electron chi connectivity index (χ3n) is 1.67. The molecule has 17 heavy (non-hydrogen) atoms. The Hall–Kier alpha value is -1.45.